The van der Waals surface area contributed by atoms with Crippen molar-refractivity contribution in [2.45, 2.75) is 0 Å². The van der Waals surface area contributed by atoms with E-state index in [4.69, 9.17) is 0 Å². The van der Waals surface area contributed by atoms with Gasteiger partial charge >= 0.3 is 0 Å². The third-order valence-corrected chi connectivity index (χ3v) is 1.54. The topological polar surface area (TPSA) is 46.0 Å². The summed E-state index contributed by atoms with van der Waals surface area (Å²) < 4.78 is 0. The lowest BCUT2D eigenvalue weighted by molar-refractivity contribution is 0.479. The zero-order valence-electron chi connectivity index (χ0n) is 5.73. The average molecular weight is 146 g/mol. The lowest BCUT2D eigenvalue weighted by Crippen LogP contribution is -1.77. The van der Waals surface area contributed by atoms with E-state index in [2.05, 4.69) is 9.97 Å². The standard InChI is InChI=1S/C8H6N2O/c11-8-5-10-3-6-1-2-9-4-7(6)8/h1-5,11H. The molecule has 1 N–H and O–H groups in total. The molecule has 0 saturated heterocycles. The van der Waals surface area contributed by atoms with Crippen LogP contribution in [0, 0.1) is 0 Å². The van der Waals surface area contributed by atoms with Gasteiger partial charge in [-0.3, -0.25) is 9.97 Å². The molecule has 0 bridgehead atoms. The quantitative estimate of drug-likeness (QED) is 0.610. The van der Waals surface area contributed by atoms with Gasteiger partial charge < -0.3 is 5.11 Å². The fraction of sp³-hybridized carbons (Fsp3) is 0. The van der Waals surface area contributed by atoms with Gasteiger partial charge in [0.2, 0.25) is 0 Å². The number of hydrogen-bond donors (Lipinski definition) is 1. The molecule has 0 saturated carbocycles. The van der Waals surface area contributed by atoms with Crippen molar-refractivity contribution in [2.75, 3.05) is 0 Å². The molecule has 2 aromatic rings. The van der Waals surface area contributed by atoms with E-state index >= 15 is 0 Å². The summed E-state index contributed by atoms with van der Waals surface area (Å²) >= 11 is 0. The molecule has 0 radical (unpaired) electrons. The van der Waals surface area contributed by atoms with Crippen LogP contribution in [0.2, 0.25) is 0 Å². The monoisotopic (exact) mass is 146 g/mol. The van der Waals surface area contributed by atoms with E-state index in [1.165, 1.54) is 6.20 Å². The predicted octanol–water partition coefficient (Wildman–Crippen LogP) is 1.34. The molecular formula is C8H6N2O. The number of nitrogens with zero attached hydrogens (tertiary/aromatic N) is 2. The molecule has 0 unspecified atom stereocenters. The first-order valence-electron chi connectivity index (χ1n) is 3.24. The molecule has 2 heterocycles. The van der Waals surface area contributed by atoms with Crippen LogP contribution >= 0.6 is 0 Å². The van der Waals surface area contributed by atoms with Gasteiger partial charge in [-0.1, -0.05) is 0 Å². The minimum atomic E-state index is 0.176. The highest BCUT2D eigenvalue weighted by molar-refractivity contribution is 5.85. The van der Waals surface area contributed by atoms with Gasteiger partial charge in [-0.2, -0.15) is 0 Å². The molecule has 3 nitrogen and oxygen atoms in total. The first-order chi connectivity index (χ1) is 5.38. The highest BCUT2D eigenvalue weighted by Crippen LogP contribution is 2.20. The van der Waals surface area contributed by atoms with Crippen LogP contribution in [0.3, 0.4) is 0 Å². The van der Waals surface area contributed by atoms with E-state index in [-0.39, 0.29) is 5.75 Å². The Morgan fingerprint density at radius 1 is 1.09 bits per heavy atom. The molecular weight excluding hydrogens is 140 g/mol. The minimum Gasteiger partial charge on any atom is -0.506 e. The van der Waals surface area contributed by atoms with Gasteiger partial charge in [-0.15, -0.1) is 0 Å². The van der Waals surface area contributed by atoms with Gasteiger partial charge in [-0.05, 0) is 6.07 Å². The van der Waals surface area contributed by atoms with Crippen molar-refractivity contribution in [3.8, 4) is 5.75 Å². The predicted molar refractivity (Wildman–Crippen MR) is 41.2 cm³/mol. The van der Waals surface area contributed by atoms with E-state index in [9.17, 15) is 5.11 Å². The molecule has 0 aliphatic heterocycles. The number of fused-ring (bicyclic) bond motifs is 1. The molecule has 11 heavy (non-hydrogen) atoms. The Morgan fingerprint density at radius 3 is 2.82 bits per heavy atom. The Hall–Kier alpha value is -1.64. The Morgan fingerprint density at radius 2 is 2.00 bits per heavy atom. The molecule has 0 aliphatic carbocycles. The number of aromatic nitrogens is 2. The summed E-state index contributed by atoms with van der Waals surface area (Å²) in [5.41, 5.74) is 0. The highest BCUT2D eigenvalue weighted by Gasteiger charge is 1.96. The van der Waals surface area contributed by atoms with Gasteiger partial charge in [0, 0.05) is 29.4 Å². The third kappa shape index (κ3) is 0.902. The van der Waals surface area contributed by atoms with Crippen molar-refractivity contribution in [1.29, 1.82) is 0 Å². The fourth-order valence-corrected chi connectivity index (χ4v) is 0.990. The lowest BCUT2D eigenvalue weighted by Gasteiger charge is -1.96. The Balaban J connectivity index is 2.91. The maximum atomic E-state index is 9.27. The molecule has 3 heteroatoms. The van der Waals surface area contributed by atoms with Crippen LogP contribution < -0.4 is 0 Å². The van der Waals surface area contributed by atoms with Gasteiger partial charge in [0.15, 0.2) is 0 Å². The van der Waals surface area contributed by atoms with Gasteiger partial charge in [0.05, 0.1) is 6.20 Å². The Bertz CT molecular complexity index is 381. The Kier molecular flexibility index (Phi) is 1.22. The summed E-state index contributed by atoms with van der Waals surface area (Å²) in [5.74, 6) is 0.176. The van der Waals surface area contributed by atoms with Gasteiger partial charge in [0.25, 0.3) is 0 Å². The van der Waals surface area contributed by atoms with Crippen LogP contribution in [-0.4, -0.2) is 15.1 Å². The first kappa shape index (κ1) is 6.09. The molecule has 54 valence electrons. The van der Waals surface area contributed by atoms with Crippen molar-refractivity contribution in [3.05, 3.63) is 30.9 Å². The first-order valence-corrected chi connectivity index (χ1v) is 3.24. The van der Waals surface area contributed by atoms with Crippen LogP contribution in [0.1, 0.15) is 0 Å². The average Bonchev–Trinajstić information content (AvgIpc) is 2.06. The van der Waals surface area contributed by atoms with E-state index in [0.717, 1.165) is 10.8 Å². The summed E-state index contributed by atoms with van der Waals surface area (Å²) in [4.78, 5) is 7.72. The van der Waals surface area contributed by atoms with Crippen LogP contribution in [0.25, 0.3) is 10.8 Å². The van der Waals surface area contributed by atoms with E-state index < -0.39 is 0 Å². The maximum Gasteiger partial charge on any atom is 0.143 e. The van der Waals surface area contributed by atoms with Gasteiger partial charge in [-0.25, -0.2) is 0 Å². The van der Waals surface area contributed by atoms with E-state index in [0.29, 0.717) is 0 Å². The van der Waals surface area contributed by atoms with Gasteiger partial charge in [0.1, 0.15) is 5.75 Å². The largest absolute Gasteiger partial charge is 0.506 e. The molecule has 2 rings (SSSR count). The molecule has 0 spiro atoms. The second-order valence-electron chi connectivity index (χ2n) is 2.26. The summed E-state index contributed by atoms with van der Waals surface area (Å²) in [6.07, 6.45) is 6.39. The molecule has 0 aromatic carbocycles. The zero-order chi connectivity index (χ0) is 7.68. The Labute approximate surface area is 63.3 Å². The number of rotatable bonds is 0. The van der Waals surface area contributed by atoms with Crippen LogP contribution in [-0.2, 0) is 0 Å². The second-order valence-corrected chi connectivity index (χ2v) is 2.26. The SMILES string of the molecule is Oc1cncc2ccncc12. The van der Waals surface area contributed by atoms with Crippen molar-refractivity contribution >= 4 is 10.8 Å². The third-order valence-electron chi connectivity index (χ3n) is 1.54. The second kappa shape index (κ2) is 2.20. The molecule has 0 amide bonds. The normalized spacial score (nSPS) is 10.2. The molecule has 0 atom stereocenters. The van der Waals surface area contributed by atoms with Crippen molar-refractivity contribution in [2.24, 2.45) is 0 Å². The highest BCUT2D eigenvalue weighted by atomic mass is 16.3. The molecule has 0 aliphatic rings. The number of aromatic hydroxyl groups is 1. The zero-order valence-corrected chi connectivity index (χ0v) is 5.73. The van der Waals surface area contributed by atoms with E-state index in [1.54, 1.807) is 18.6 Å². The van der Waals surface area contributed by atoms with Crippen LogP contribution in [0.15, 0.2) is 30.9 Å². The van der Waals surface area contributed by atoms with Crippen molar-refractivity contribution in [1.82, 2.24) is 9.97 Å². The van der Waals surface area contributed by atoms with Crippen LogP contribution in [0.5, 0.6) is 5.75 Å². The summed E-state index contributed by atoms with van der Waals surface area (Å²) in [7, 11) is 0. The molecule has 0 fully saturated rings. The summed E-state index contributed by atoms with van der Waals surface area (Å²) in [6.45, 7) is 0. The number of hydrogen-bond acceptors (Lipinski definition) is 3. The lowest BCUT2D eigenvalue weighted by atomic mass is 10.2. The summed E-state index contributed by atoms with van der Waals surface area (Å²) in [6, 6.07) is 1.81. The van der Waals surface area contributed by atoms with Crippen molar-refractivity contribution < 1.29 is 5.11 Å². The smallest absolute Gasteiger partial charge is 0.143 e. The van der Waals surface area contributed by atoms with Crippen LogP contribution in [0.4, 0.5) is 0 Å². The van der Waals surface area contributed by atoms with Crippen molar-refractivity contribution in [3.63, 3.8) is 0 Å². The van der Waals surface area contributed by atoms with E-state index in [1.807, 2.05) is 6.07 Å². The fourth-order valence-electron chi connectivity index (χ4n) is 0.990. The summed E-state index contributed by atoms with van der Waals surface area (Å²) in [5, 5.41) is 10.9. The minimum absolute atomic E-state index is 0.176. The maximum absolute atomic E-state index is 9.27. The number of pyridine rings is 2. The molecule has 2 aromatic heterocycles.